The summed E-state index contributed by atoms with van der Waals surface area (Å²) >= 11 is 0. The second-order valence-electron chi connectivity index (χ2n) is 4.12. The lowest BCUT2D eigenvalue weighted by Crippen LogP contribution is -2.35. The first-order valence-electron chi connectivity index (χ1n) is 5.66. The second kappa shape index (κ2) is 6.81. The fourth-order valence-corrected chi connectivity index (χ4v) is 1.67. The van der Waals surface area contributed by atoms with Crippen LogP contribution in [0, 0.1) is 11.6 Å². The third-order valence-electron chi connectivity index (χ3n) is 2.46. The molecule has 0 heterocycles. The average molecular weight is 283 g/mol. The molecular formula is C12H14F5NO. The van der Waals surface area contributed by atoms with Crippen molar-refractivity contribution in [1.29, 1.82) is 0 Å². The molecule has 0 aromatic heterocycles. The Bertz CT molecular complexity index is 408. The van der Waals surface area contributed by atoms with Gasteiger partial charge in [-0.1, -0.05) is 12.1 Å². The number of halogens is 5. The van der Waals surface area contributed by atoms with E-state index in [0.29, 0.717) is 0 Å². The van der Waals surface area contributed by atoms with Gasteiger partial charge >= 0.3 is 6.18 Å². The zero-order valence-electron chi connectivity index (χ0n) is 10.1. The van der Waals surface area contributed by atoms with Gasteiger partial charge in [0.2, 0.25) is 0 Å². The van der Waals surface area contributed by atoms with E-state index in [-0.39, 0.29) is 31.7 Å². The summed E-state index contributed by atoms with van der Waals surface area (Å²) in [6.45, 7) is -1.90. The molecule has 0 aliphatic carbocycles. The van der Waals surface area contributed by atoms with Gasteiger partial charge in [0.25, 0.3) is 0 Å². The van der Waals surface area contributed by atoms with Crippen molar-refractivity contribution < 1.29 is 27.1 Å². The molecule has 0 amide bonds. The molecule has 2 nitrogen and oxygen atoms in total. The van der Waals surface area contributed by atoms with E-state index in [9.17, 15) is 22.0 Å². The number of hydrogen-bond acceptors (Lipinski definition) is 2. The van der Waals surface area contributed by atoms with Crippen molar-refractivity contribution in [1.82, 2.24) is 4.90 Å². The maximum Gasteiger partial charge on any atom is 0.401 e. The molecule has 0 aliphatic rings. The molecule has 0 atom stereocenters. The van der Waals surface area contributed by atoms with E-state index in [1.165, 1.54) is 12.1 Å². The summed E-state index contributed by atoms with van der Waals surface area (Å²) in [5.74, 6) is -2.23. The first kappa shape index (κ1) is 15.8. The summed E-state index contributed by atoms with van der Waals surface area (Å²) in [7, 11) is 0. The van der Waals surface area contributed by atoms with E-state index < -0.39 is 24.4 Å². The molecule has 0 bridgehead atoms. The molecule has 1 aromatic rings. The summed E-state index contributed by atoms with van der Waals surface area (Å²) in [4.78, 5) is 0.925. The lowest BCUT2D eigenvalue weighted by molar-refractivity contribution is -0.147. The minimum Gasteiger partial charge on any atom is -0.396 e. The molecule has 19 heavy (non-hydrogen) atoms. The molecule has 7 heteroatoms. The van der Waals surface area contributed by atoms with Crippen LogP contribution in [0.15, 0.2) is 18.2 Å². The minimum absolute atomic E-state index is 0.0496. The van der Waals surface area contributed by atoms with Gasteiger partial charge in [-0.2, -0.15) is 13.2 Å². The van der Waals surface area contributed by atoms with Crippen molar-refractivity contribution in [3.05, 3.63) is 35.4 Å². The molecule has 0 unspecified atom stereocenters. The lowest BCUT2D eigenvalue weighted by Gasteiger charge is -2.23. The van der Waals surface area contributed by atoms with Crippen LogP contribution in [0.1, 0.15) is 12.0 Å². The molecule has 0 saturated carbocycles. The van der Waals surface area contributed by atoms with Crippen molar-refractivity contribution in [2.24, 2.45) is 0 Å². The van der Waals surface area contributed by atoms with Crippen molar-refractivity contribution in [3.8, 4) is 0 Å². The number of aliphatic hydroxyl groups excluding tert-OH is 1. The average Bonchev–Trinajstić information content (AvgIpc) is 2.30. The third kappa shape index (κ3) is 5.52. The molecule has 1 aromatic carbocycles. The van der Waals surface area contributed by atoms with Gasteiger partial charge in [-0.05, 0) is 12.5 Å². The molecular weight excluding hydrogens is 269 g/mol. The Hall–Kier alpha value is -1.21. The SMILES string of the molecule is OCCCN(Cc1cccc(F)c1F)CC(F)(F)F. The van der Waals surface area contributed by atoms with Gasteiger partial charge < -0.3 is 5.11 Å². The normalized spacial score (nSPS) is 12.2. The Morgan fingerprint density at radius 1 is 1.16 bits per heavy atom. The standard InChI is InChI=1S/C12H14F5NO/c13-10-4-1-3-9(11(10)14)7-18(5-2-6-19)8-12(15,16)17/h1,3-4,19H,2,5-8H2. The predicted octanol–water partition coefficient (Wildman–Crippen LogP) is 2.71. The highest BCUT2D eigenvalue weighted by atomic mass is 19.4. The molecule has 0 radical (unpaired) electrons. The Balaban J connectivity index is 2.78. The second-order valence-corrected chi connectivity index (χ2v) is 4.12. The molecule has 1 rings (SSSR count). The van der Waals surface area contributed by atoms with Crippen LogP contribution in [0.4, 0.5) is 22.0 Å². The predicted molar refractivity (Wildman–Crippen MR) is 59.4 cm³/mol. The van der Waals surface area contributed by atoms with Crippen LogP contribution in [-0.2, 0) is 6.54 Å². The summed E-state index contributed by atoms with van der Waals surface area (Å²) in [6.07, 6.45) is -4.30. The maximum atomic E-state index is 13.4. The van der Waals surface area contributed by atoms with E-state index in [0.717, 1.165) is 11.0 Å². The largest absolute Gasteiger partial charge is 0.401 e. The number of nitrogens with zero attached hydrogens (tertiary/aromatic N) is 1. The van der Waals surface area contributed by atoms with Crippen LogP contribution >= 0.6 is 0 Å². The van der Waals surface area contributed by atoms with Crippen LogP contribution < -0.4 is 0 Å². The van der Waals surface area contributed by atoms with Crippen LogP contribution in [0.5, 0.6) is 0 Å². The van der Waals surface area contributed by atoms with Crippen molar-refractivity contribution in [2.75, 3.05) is 19.7 Å². The molecule has 108 valence electrons. The van der Waals surface area contributed by atoms with Gasteiger partial charge in [-0.25, -0.2) is 8.78 Å². The van der Waals surface area contributed by atoms with E-state index in [1.807, 2.05) is 0 Å². The third-order valence-corrected chi connectivity index (χ3v) is 2.46. The van der Waals surface area contributed by atoms with Crippen molar-refractivity contribution in [2.45, 2.75) is 19.1 Å². The molecule has 0 spiro atoms. The summed E-state index contributed by atoms with van der Waals surface area (Å²) in [5.41, 5.74) is -0.137. The fourth-order valence-electron chi connectivity index (χ4n) is 1.67. The summed E-state index contributed by atoms with van der Waals surface area (Å²) < 4.78 is 63.4. The highest BCUT2D eigenvalue weighted by Gasteiger charge is 2.30. The molecule has 0 fully saturated rings. The van der Waals surface area contributed by atoms with E-state index in [4.69, 9.17) is 5.11 Å². The van der Waals surface area contributed by atoms with E-state index >= 15 is 0 Å². The Labute approximate surface area is 107 Å². The van der Waals surface area contributed by atoms with E-state index in [1.54, 1.807) is 0 Å². The zero-order valence-corrected chi connectivity index (χ0v) is 10.1. The number of benzene rings is 1. The Kier molecular flexibility index (Phi) is 5.68. The van der Waals surface area contributed by atoms with Gasteiger partial charge in [0.15, 0.2) is 11.6 Å². The first-order chi connectivity index (χ1) is 8.83. The zero-order chi connectivity index (χ0) is 14.5. The summed E-state index contributed by atoms with van der Waals surface area (Å²) in [5, 5.41) is 8.64. The fraction of sp³-hybridized carbons (Fsp3) is 0.500. The first-order valence-corrected chi connectivity index (χ1v) is 5.66. The van der Waals surface area contributed by atoms with Gasteiger partial charge in [0.1, 0.15) is 0 Å². The molecule has 0 aliphatic heterocycles. The van der Waals surface area contributed by atoms with E-state index in [2.05, 4.69) is 0 Å². The van der Waals surface area contributed by atoms with Gasteiger partial charge in [0, 0.05) is 25.3 Å². The van der Waals surface area contributed by atoms with Crippen LogP contribution in [0.25, 0.3) is 0 Å². The van der Waals surface area contributed by atoms with Gasteiger partial charge in [0.05, 0.1) is 6.54 Å². The number of hydrogen-bond donors (Lipinski definition) is 1. The number of rotatable bonds is 6. The van der Waals surface area contributed by atoms with Crippen LogP contribution in [0.3, 0.4) is 0 Å². The van der Waals surface area contributed by atoms with Crippen LogP contribution in [-0.4, -0.2) is 35.9 Å². The smallest absolute Gasteiger partial charge is 0.396 e. The summed E-state index contributed by atoms with van der Waals surface area (Å²) in [6, 6.07) is 3.38. The highest BCUT2D eigenvalue weighted by molar-refractivity contribution is 5.18. The van der Waals surface area contributed by atoms with Crippen molar-refractivity contribution >= 4 is 0 Å². The maximum absolute atomic E-state index is 13.4. The van der Waals surface area contributed by atoms with Gasteiger partial charge in [-0.15, -0.1) is 0 Å². The number of aliphatic hydroxyl groups is 1. The number of alkyl halides is 3. The molecule has 1 N–H and O–H groups in total. The minimum atomic E-state index is -4.43. The highest BCUT2D eigenvalue weighted by Crippen LogP contribution is 2.20. The molecule has 0 saturated heterocycles. The Morgan fingerprint density at radius 2 is 1.84 bits per heavy atom. The lowest BCUT2D eigenvalue weighted by atomic mass is 10.2. The Morgan fingerprint density at radius 3 is 2.42 bits per heavy atom. The topological polar surface area (TPSA) is 23.5 Å². The monoisotopic (exact) mass is 283 g/mol. The van der Waals surface area contributed by atoms with Crippen LogP contribution in [0.2, 0.25) is 0 Å². The van der Waals surface area contributed by atoms with Crippen molar-refractivity contribution in [3.63, 3.8) is 0 Å². The quantitative estimate of drug-likeness (QED) is 0.811. The van der Waals surface area contributed by atoms with Gasteiger partial charge in [-0.3, -0.25) is 4.90 Å².